The predicted octanol–water partition coefficient (Wildman–Crippen LogP) is 3.85. The van der Waals surface area contributed by atoms with Crippen molar-refractivity contribution in [1.29, 1.82) is 0 Å². The van der Waals surface area contributed by atoms with Crippen LogP contribution in [0.4, 0.5) is 0 Å². The van der Waals surface area contributed by atoms with Crippen LogP contribution < -0.4 is 5.73 Å². The van der Waals surface area contributed by atoms with Gasteiger partial charge in [-0.25, -0.2) is 9.78 Å². The molecule has 2 aromatic rings. The molecule has 1 aromatic carbocycles. The molecule has 0 aliphatic carbocycles. The number of carbonyl (C=O) groups is 1. The Bertz CT molecular complexity index is 909. The summed E-state index contributed by atoms with van der Waals surface area (Å²) in [4.78, 5) is 22.1. The van der Waals surface area contributed by atoms with E-state index in [0.29, 0.717) is 13.0 Å². The number of aliphatic imine (C=N–C) groups is 1. The molecule has 3 heterocycles. The molecule has 4 rings (SSSR count). The first-order valence-electron chi connectivity index (χ1n) is 8.55. The molecule has 0 bridgehead atoms. The van der Waals surface area contributed by atoms with Gasteiger partial charge in [-0.15, -0.1) is 11.3 Å². The maximum Gasteiger partial charge on any atom is 0.338 e. The molecule has 0 saturated carbocycles. The second-order valence-electron chi connectivity index (χ2n) is 7.53. The molecule has 26 heavy (non-hydrogen) atoms. The predicted molar refractivity (Wildman–Crippen MR) is 108 cm³/mol. The van der Waals surface area contributed by atoms with Gasteiger partial charge in [0.25, 0.3) is 0 Å². The van der Waals surface area contributed by atoms with Crippen molar-refractivity contribution >= 4 is 45.5 Å². The molecule has 0 amide bonds. The molecule has 2 unspecified atom stereocenters. The molecule has 1 aromatic heterocycles. The fourth-order valence-electron chi connectivity index (χ4n) is 3.29. The minimum atomic E-state index is -1.21. The number of fused-ring (bicyclic) bond motifs is 1. The van der Waals surface area contributed by atoms with Gasteiger partial charge in [0.15, 0.2) is 4.87 Å². The summed E-state index contributed by atoms with van der Waals surface area (Å²) in [6, 6.07) is 7.99. The fraction of sp³-hybridized carbons (Fsp3) is 0.421. The van der Waals surface area contributed by atoms with Gasteiger partial charge in [0.1, 0.15) is 10.6 Å². The second kappa shape index (κ2) is 6.18. The molecule has 0 saturated heterocycles. The number of thiazole rings is 1. The minimum absolute atomic E-state index is 0.290. The van der Waals surface area contributed by atoms with Crippen LogP contribution >= 0.6 is 23.1 Å². The number of hydrogen-bond donors (Lipinski definition) is 1. The van der Waals surface area contributed by atoms with Gasteiger partial charge in [-0.05, 0) is 38.5 Å². The lowest BCUT2D eigenvalue weighted by Crippen LogP contribution is -2.51. The third kappa shape index (κ3) is 2.98. The standard InChI is InChI=1S/C19H21N3O2S2/c1-18(2,3)24-17(23)19(20)15(11-8-9-21-10-14(11)26-19)16-22-12-6-4-5-7-13(12)25-16/h4-7,9,15H,8,10,20H2,1-3H3. The molecule has 136 valence electrons. The Balaban J connectivity index is 1.80. The number of nitrogens with two attached hydrogens (primary N) is 1. The van der Waals surface area contributed by atoms with Crippen molar-refractivity contribution in [3.63, 3.8) is 0 Å². The summed E-state index contributed by atoms with van der Waals surface area (Å²) >= 11 is 2.99. The summed E-state index contributed by atoms with van der Waals surface area (Å²) in [7, 11) is 0. The SMILES string of the molecule is CC(C)(C)OC(=O)C1(N)SC2=C(CC=NC2)C1c1nc2ccccc2s1. The van der Waals surface area contributed by atoms with E-state index in [1.165, 1.54) is 11.8 Å². The normalized spacial score (nSPS) is 25.6. The van der Waals surface area contributed by atoms with Crippen molar-refractivity contribution < 1.29 is 9.53 Å². The van der Waals surface area contributed by atoms with Crippen LogP contribution in [0.2, 0.25) is 0 Å². The number of dihydropyridines is 1. The first kappa shape index (κ1) is 17.7. The van der Waals surface area contributed by atoms with E-state index >= 15 is 0 Å². The largest absolute Gasteiger partial charge is 0.458 e. The van der Waals surface area contributed by atoms with Crippen LogP contribution in [0, 0.1) is 0 Å². The van der Waals surface area contributed by atoms with Crippen molar-refractivity contribution in [3.05, 3.63) is 39.8 Å². The molecule has 2 aliphatic rings. The minimum Gasteiger partial charge on any atom is -0.458 e. The molecule has 0 fully saturated rings. The highest BCUT2D eigenvalue weighted by Crippen LogP contribution is 2.55. The Hall–Kier alpha value is -1.70. The average Bonchev–Trinajstić information content (AvgIpc) is 3.10. The van der Waals surface area contributed by atoms with E-state index in [0.717, 1.165) is 25.7 Å². The molecule has 2 N–H and O–H groups in total. The second-order valence-corrected chi connectivity index (χ2v) is 9.96. The number of ether oxygens (including phenoxy) is 1. The van der Waals surface area contributed by atoms with E-state index in [1.54, 1.807) is 11.3 Å². The monoisotopic (exact) mass is 387 g/mol. The molecular weight excluding hydrogens is 366 g/mol. The van der Waals surface area contributed by atoms with Crippen molar-refractivity contribution in [2.75, 3.05) is 6.54 Å². The highest BCUT2D eigenvalue weighted by Gasteiger charge is 2.55. The Morgan fingerprint density at radius 2 is 2.12 bits per heavy atom. The molecule has 0 spiro atoms. The third-order valence-electron chi connectivity index (χ3n) is 4.38. The van der Waals surface area contributed by atoms with Gasteiger partial charge in [-0.2, -0.15) is 0 Å². The lowest BCUT2D eigenvalue weighted by atomic mass is 9.88. The van der Waals surface area contributed by atoms with Gasteiger partial charge in [-0.3, -0.25) is 4.99 Å². The molecule has 2 atom stereocenters. The Morgan fingerprint density at radius 3 is 2.85 bits per heavy atom. The average molecular weight is 388 g/mol. The summed E-state index contributed by atoms with van der Waals surface area (Å²) in [6.07, 6.45) is 2.60. The van der Waals surface area contributed by atoms with Crippen LogP contribution in [0.25, 0.3) is 10.2 Å². The Labute approximate surface area is 160 Å². The molecule has 0 radical (unpaired) electrons. The van der Waals surface area contributed by atoms with Gasteiger partial charge in [0.2, 0.25) is 0 Å². The number of nitrogens with zero attached hydrogens (tertiary/aromatic N) is 2. The summed E-state index contributed by atoms with van der Waals surface area (Å²) in [6.45, 7) is 6.15. The number of esters is 1. The van der Waals surface area contributed by atoms with Gasteiger partial charge in [0.05, 0.1) is 22.7 Å². The maximum absolute atomic E-state index is 13.1. The molecule has 5 nitrogen and oxygen atoms in total. The summed E-state index contributed by atoms with van der Waals surface area (Å²) < 4.78 is 6.78. The van der Waals surface area contributed by atoms with Crippen LogP contribution in [-0.4, -0.2) is 34.2 Å². The van der Waals surface area contributed by atoms with E-state index in [-0.39, 0.29) is 5.92 Å². The Morgan fingerprint density at radius 1 is 1.35 bits per heavy atom. The van der Waals surface area contributed by atoms with Gasteiger partial charge < -0.3 is 10.5 Å². The van der Waals surface area contributed by atoms with Crippen LogP contribution in [0.1, 0.15) is 38.1 Å². The van der Waals surface area contributed by atoms with Crippen molar-refractivity contribution in [3.8, 4) is 0 Å². The van der Waals surface area contributed by atoms with E-state index in [4.69, 9.17) is 15.5 Å². The van der Waals surface area contributed by atoms with E-state index < -0.39 is 16.4 Å². The van der Waals surface area contributed by atoms with Crippen molar-refractivity contribution in [2.45, 2.75) is 43.6 Å². The number of aromatic nitrogens is 1. The van der Waals surface area contributed by atoms with Crippen LogP contribution in [0.3, 0.4) is 0 Å². The fourth-order valence-corrected chi connectivity index (χ4v) is 5.92. The zero-order valence-electron chi connectivity index (χ0n) is 15.0. The number of para-hydroxylation sites is 1. The molecule has 2 aliphatic heterocycles. The zero-order chi connectivity index (χ0) is 18.5. The number of rotatable bonds is 2. The van der Waals surface area contributed by atoms with E-state index in [1.807, 2.05) is 51.3 Å². The van der Waals surface area contributed by atoms with E-state index in [9.17, 15) is 4.79 Å². The number of carbonyl (C=O) groups excluding carboxylic acids is 1. The first-order chi connectivity index (χ1) is 12.3. The lowest BCUT2D eigenvalue weighted by molar-refractivity contribution is -0.158. The highest BCUT2D eigenvalue weighted by atomic mass is 32.2. The van der Waals surface area contributed by atoms with Gasteiger partial charge in [0, 0.05) is 17.5 Å². The van der Waals surface area contributed by atoms with Crippen LogP contribution in [-0.2, 0) is 9.53 Å². The van der Waals surface area contributed by atoms with E-state index in [2.05, 4.69) is 4.99 Å². The topological polar surface area (TPSA) is 77.6 Å². The molecular formula is C19H21N3O2S2. The number of hydrogen-bond acceptors (Lipinski definition) is 7. The quantitative estimate of drug-likeness (QED) is 0.792. The smallest absolute Gasteiger partial charge is 0.338 e. The third-order valence-corrected chi connectivity index (χ3v) is 6.86. The summed E-state index contributed by atoms with van der Waals surface area (Å²) in [5.41, 5.74) is 8.21. The van der Waals surface area contributed by atoms with Gasteiger partial charge in [-0.1, -0.05) is 23.9 Å². The summed E-state index contributed by atoms with van der Waals surface area (Å²) in [5.74, 6) is -0.685. The zero-order valence-corrected chi connectivity index (χ0v) is 16.6. The van der Waals surface area contributed by atoms with Crippen LogP contribution in [0.15, 0.2) is 39.7 Å². The number of thioether (sulfide) groups is 1. The molecule has 7 heteroatoms. The highest BCUT2D eigenvalue weighted by molar-refractivity contribution is 8.05. The maximum atomic E-state index is 13.1. The van der Waals surface area contributed by atoms with Crippen molar-refractivity contribution in [2.24, 2.45) is 10.7 Å². The van der Waals surface area contributed by atoms with Crippen molar-refractivity contribution in [1.82, 2.24) is 4.98 Å². The first-order valence-corrected chi connectivity index (χ1v) is 10.2. The van der Waals surface area contributed by atoms with Gasteiger partial charge >= 0.3 is 5.97 Å². The Kier molecular flexibility index (Phi) is 4.21. The lowest BCUT2D eigenvalue weighted by Gasteiger charge is -2.32. The summed E-state index contributed by atoms with van der Waals surface area (Å²) in [5, 5.41) is 0.868. The van der Waals surface area contributed by atoms with Crippen LogP contribution in [0.5, 0.6) is 0 Å². The number of benzene rings is 1.